The molecule has 1 fully saturated rings. The van der Waals surface area contributed by atoms with Gasteiger partial charge in [-0.15, -0.1) is 0 Å². The smallest absolute Gasteiger partial charge is 0.325 e. The van der Waals surface area contributed by atoms with Gasteiger partial charge in [0.1, 0.15) is 60.4 Å². The first-order valence-electron chi connectivity index (χ1n) is 30.8. The number of carboxylic acids is 1. The number of hydrogen-bond acceptors (Lipinski definition) is 18. The van der Waals surface area contributed by atoms with Crippen molar-refractivity contribution >= 4 is 107 Å². The summed E-state index contributed by atoms with van der Waals surface area (Å²) >= 11 is 8.45. The number of nitrogens with zero attached hydrogens (tertiary/aromatic N) is 2. The standard InChI is InChI=1S/C63H83N15O15S2/c1-34(2)21-43(56(85)74-46(23-37-15-8-5-9-16-37)62(91)78-20-12-19-51(78)61(90)77-50(32-95)60(89)72-44(22-36-13-6-4-7-14-36)55(84)69-35(3)63(92)93)71-57(86)45(24-38-26-66-42-18-11-10-17-40(38)42)73-58(87)47(29-79)70-52(81)28-67-54(83)49(31-94)76-59(88)48(30-80)75-53(82)41(64)25-39-27-65-33-68-39/h4-11,13-18,26-27,33-35,41,43-51,66,79-80,94-95H,12,19-25,28-32,64H2,1-3H3,(H,65,68)(H,67,83)(H,69,84)(H,70,81)(H,71,86)(H,72,89)(H,73,87)(H,74,85)(H,75,82)(H,76,88)(H,77,90)(H,92,93)/t35-,41-,43-,44-,45-,46-,47-,48-,49-,50-,51-/m0/s1. The minimum Gasteiger partial charge on any atom is -0.480 e. The maximum atomic E-state index is 14.9. The van der Waals surface area contributed by atoms with E-state index in [-0.39, 0.29) is 62.5 Å². The number of nitrogens with two attached hydrogens (primary N) is 1. The van der Waals surface area contributed by atoms with Crippen molar-refractivity contribution in [1.82, 2.24) is 73.0 Å². The summed E-state index contributed by atoms with van der Waals surface area (Å²) in [4.78, 5) is 175. The third-order valence-corrected chi connectivity index (χ3v) is 16.2. The van der Waals surface area contributed by atoms with Gasteiger partial charge in [-0.25, -0.2) is 4.98 Å². The van der Waals surface area contributed by atoms with E-state index in [1.54, 1.807) is 105 Å². The molecule has 3 aromatic carbocycles. The maximum Gasteiger partial charge on any atom is 0.325 e. The zero-order valence-corrected chi connectivity index (χ0v) is 54.3. The average Bonchev–Trinajstić information content (AvgIpc) is 1.76. The normalized spacial score (nSPS) is 16.0. The lowest BCUT2D eigenvalue weighted by Gasteiger charge is -2.31. The number of amides is 11. The second kappa shape index (κ2) is 36.9. The van der Waals surface area contributed by atoms with E-state index in [9.17, 15) is 72.9 Å². The predicted octanol–water partition coefficient (Wildman–Crippen LogP) is -3.05. The van der Waals surface area contributed by atoms with Crippen LogP contribution in [0.5, 0.6) is 0 Å². The SMILES string of the molecule is CC(C)C[C@H](NC(=O)[C@H](Cc1c[nH]c2ccccc12)NC(=O)[C@H](CO)NC(=O)CNC(=O)[C@H](CS)NC(=O)[C@H](CO)NC(=O)[C@@H](N)Cc1cnc[nH]1)C(=O)N[C@@H](Cc1ccccc1)C(=O)N1CCC[C@H]1C(=O)N[C@@H](CS)C(=O)N[C@@H](Cc1ccccc1)C(=O)N[C@@H](C)C(=O)O. The zero-order valence-electron chi connectivity index (χ0n) is 52.5. The number of benzene rings is 3. The number of aliphatic hydroxyl groups excluding tert-OH is 2. The zero-order chi connectivity index (χ0) is 69.3. The number of aromatic nitrogens is 3. The quantitative estimate of drug-likeness (QED) is 0.0177. The molecular weight excluding hydrogens is 1270 g/mol. The number of aliphatic carboxylic acids is 1. The molecule has 0 aliphatic carbocycles. The summed E-state index contributed by atoms with van der Waals surface area (Å²) < 4.78 is 0. The first-order chi connectivity index (χ1) is 45.4. The molecule has 0 saturated carbocycles. The minimum absolute atomic E-state index is 0.00528. The van der Waals surface area contributed by atoms with Gasteiger partial charge in [0, 0.05) is 72.7 Å². The fourth-order valence-electron chi connectivity index (χ4n) is 10.4. The Kier molecular flexibility index (Phi) is 29.0. The molecule has 512 valence electrons. The van der Waals surface area contributed by atoms with Crippen LogP contribution >= 0.6 is 25.3 Å². The monoisotopic (exact) mass is 1350 g/mol. The predicted molar refractivity (Wildman–Crippen MR) is 352 cm³/mol. The Hall–Kier alpha value is -9.37. The number of rotatable bonds is 36. The van der Waals surface area contributed by atoms with Crippen LogP contribution in [0.3, 0.4) is 0 Å². The summed E-state index contributed by atoms with van der Waals surface area (Å²) in [6.07, 6.45) is 4.71. The molecule has 1 aliphatic rings. The second-order valence-electron chi connectivity index (χ2n) is 23.2. The van der Waals surface area contributed by atoms with Crippen LogP contribution < -0.4 is 58.9 Å². The van der Waals surface area contributed by atoms with Gasteiger partial charge in [-0.3, -0.25) is 57.5 Å². The van der Waals surface area contributed by atoms with Crippen LogP contribution in [-0.2, 0) is 83.2 Å². The Labute approximate surface area is 558 Å². The van der Waals surface area contributed by atoms with E-state index in [0.29, 0.717) is 39.7 Å². The molecule has 5 aromatic rings. The Bertz CT molecular complexity index is 3460. The summed E-state index contributed by atoms with van der Waals surface area (Å²) in [7, 11) is 0. The third kappa shape index (κ3) is 22.4. The van der Waals surface area contributed by atoms with E-state index < -0.39 is 157 Å². The lowest BCUT2D eigenvalue weighted by Crippen LogP contribution is -2.61. The number of H-pyrrole nitrogens is 2. The summed E-state index contributed by atoms with van der Waals surface area (Å²) in [5.74, 6) is -11.6. The van der Waals surface area contributed by atoms with Gasteiger partial charge >= 0.3 is 5.97 Å². The van der Waals surface area contributed by atoms with Crippen LogP contribution in [0.25, 0.3) is 10.9 Å². The van der Waals surface area contributed by atoms with Gasteiger partial charge in [-0.05, 0) is 54.9 Å². The number of fused-ring (bicyclic) bond motifs is 1. The van der Waals surface area contributed by atoms with Crippen molar-refractivity contribution < 1.29 is 72.9 Å². The van der Waals surface area contributed by atoms with E-state index in [2.05, 4.69) is 93.4 Å². The molecule has 95 heavy (non-hydrogen) atoms. The Morgan fingerprint density at radius 2 is 1.08 bits per heavy atom. The molecule has 0 radical (unpaired) electrons. The minimum atomic E-state index is -1.73. The van der Waals surface area contributed by atoms with Crippen molar-refractivity contribution in [3.05, 3.63) is 126 Å². The van der Waals surface area contributed by atoms with Crippen LogP contribution in [0.15, 0.2) is 104 Å². The fourth-order valence-corrected chi connectivity index (χ4v) is 10.9. The van der Waals surface area contributed by atoms with Crippen molar-refractivity contribution in [3.63, 3.8) is 0 Å². The average molecular weight is 1350 g/mol. The molecule has 2 aromatic heterocycles. The van der Waals surface area contributed by atoms with Crippen LogP contribution in [-0.4, -0.2) is 210 Å². The van der Waals surface area contributed by atoms with Gasteiger partial charge < -0.3 is 89.1 Å². The molecule has 1 aliphatic heterocycles. The lowest BCUT2D eigenvalue weighted by atomic mass is 9.99. The van der Waals surface area contributed by atoms with E-state index in [1.165, 1.54) is 24.3 Å². The highest BCUT2D eigenvalue weighted by molar-refractivity contribution is 7.80. The van der Waals surface area contributed by atoms with Gasteiger partial charge in [0.2, 0.25) is 65.0 Å². The van der Waals surface area contributed by atoms with Crippen molar-refractivity contribution in [2.45, 2.75) is 132 Å². The number of imidazole rings is 1. The summed E-state index contributed by atoms with van der Waals surface area (Å²) in [5, 5.41) is 55.6. The van der Waals surface area contributed by atoms with E-state index in [1.807, 2.05) is 0 Å². The van der Waals surface area contributed by atoms with Crippen molar-refractivity contribution in [2.75, 3.05) is 37.8 Å². The molecule has 11 atom stereocenters. The molecule has 32 heteroatoms. The Morgan fingerprint density at radius 3 is 1.67 bits per heavy atom. The number of nitrogens with one attached hydrogen (secondary N) is 12. The molecule has 6 rings (SSSR count). The van der Waals surface area contributed by atoms with Gasteiger partial charge in [0.05, 0.1) is 32.1 Å². The molecule has 17 N–H and O–H groups in total. The molecule has 0 unspecified atom stereocenters. The Balaban J connectivity index is 1.14. The lowest BCUT2D eigenvalue weighted by molar-refractivity contribution is -0.142. The first kappa shape index (κ1) is 74.7. The number of thiol groups is 2. The number of carboxylic acid groups (broad SMARTS) is 1. The first-order valence-corrected chi connectivity index (χ1v) is 32.0. The van der Waals surface area contributed by atoms with Crippen LogP contribution in [0.4, 0.5) is 0 Å². The highest BCUT2D eigenvalue weighted by atomic mass is 32.1. The number of para-hydroxylation sites is 1. The molecule has 0 bridgehead atoms. The van der Waals surface area contributed by atoms with Crippen LogP contribution in [0, 0.1) is 5.92 Å². The summed E-state index contributed by atoms with van der Waals surface area (Å²) in [6, 6.07) is 9.38. The molecule has 0 spiro atoms. The van der Waals surface area contributed by atoms with Crippen LogP contribution in [0.1, 0.15) is 62.4 Å². The summed E-state index contributed by atoms with van der Waals surface area (Å²) in [5.41, 5.74) is 8.99. The molecule has 1 saturated heterocycles. The number of aliphatic hydroxyl groups is 2. The van der Waals surface area contributed by atoms with E-state index in [0.717, 1.165) is 0 Å². The largest absolute Gasteiger partial charge is 0.480 e. The van der Waals surface area contributed by atoms with E-state index >= 15 is 0 Å². The van der Waals surface area contributed by atoms with Crippen molar-refractivity contribution in [3.8, 4) is 0 Å². The Morgan fingerprint density at radius 1 is 0.579 bits per heavy atom. The van der Waals surface area contributed by atoms with Gasteiger partial charge in [-0.1, -0.05) is 92.7 Å². The maximum absolute atomic E-state index is 14.9. The number of hydrogen-bond donors (Lipinski definition) is 18. The number of likely N-dealkylation sites (tertiary alicyclic amines) is 1. The van der Waals surface area contributed by atoms with Crippen LogP contribution in [0.2, 0.25) is 0 Å². The van der Waals surface area contributed by atoms with Crippen molar-refractivity contribution in [1.29, 1.82) is 0 Å². The summed E-state index contributed by atoms with van der Waals surface area (Å²) in [6.45, 7) is 2.23. The highest BCUT2D eigenvalue weighted by Gasteiger charge is 2.41. The number of carbonyl (C=O) groups is 12. The molecule has 3 heterocycles. The van der Waals surface area contributed by atoms with Crippen molar-refractivity contribution in [2.24, 2.45) is 11.7 Å². The highest BCUT2D eigenvalue weighted by Crippen LogP contribution is 2.22. The van der Waals surface area contributed by atoms with Gasteiger partial charge in [0.25, 0.3) is 0 Å². The second-order valence-corrected chi connectivity index (χ2v) is 23.9. The number of aromatic amines is 2. The van der Waals surface area contributed by atoms with Gasteiger partial charge in [0.15, 0.2) is 0 Å². The van der Waals surface area contributed by atoms with E-state index in [4.69, 9.17) is 5.73 Å². The molecular formula is C63H83N15O15S2. The number of carbonyl (C=O) groups excluding carboxylic acids is 11. The van der Waals surface area contributed by atoms with Gasteiger partial charge in [-0.2, -0.15) is 25.3 Å². The molecule has 30 nitrogen and oxygen atoms in total. The fraction of sp³-hybridized carbons (Fsp3) is 0.444. The third-order valence-electron chi connectivity index (χ3n) is 15.5. The topological polar surface area (TPSA) is 460 Å². The molecule has 11 amide bonds.